The van der Waals surface area contributed by atoms with Crippen molar-refractivity contribution in [3.63, 3.8) is 0 Å². The SMILES string of the molecule is COc1ccc2c(c1OC)C(=O)OC2C[N+](=O)[O-]. The molecule has 1 heterocycles. The maximum Gasteiger partial charge on any atom is 0.343 e. The highest BCUT2D eigenvalue weighted by Gasteiger charge is 2.38. The zero-order valence-corrected chi connectivity index (χ0v) is 9.84. The fraction of sp³-hybridized carbons (Fsp3) is 0.364. The standard InChI is InChI=1S/C11H11NO6/c1-16-7-4-3-6-8(5-12(14)15)18-11(13)9(6)10(7)17-2/h3-4,8H,5H2,1-2H3. The monoisotopic (exact) mass is 253 g/mol. The summed E-state index contributed by atoms with van der Waals surface area (Å²) in [6, 6.07) is 3.17. The Balaban J connectivity index is 2.50. The molecule has 1 aromatic rings. The van der Waals surface area contributed by atoms with Gasteiger partial charge in [-0.2, -0.15) is 0 Å². The van der Waals surface area contributed by atoms with Crippen molar-refractivity contribution in [2.45, 2.75) is 6.10 Å². The summed E-state index contributed by atoms with van der Waals surface area (Å²) in [5.41, 5.74) is 0.651. The number of rotatable bonds is 4. The molecule has 0 amide bonds. The minimum Gasteiger partial charge on any atom is -0.493 e. The predicted molar refractivity (Wildman–Crippen MR) is 59.6 cm³/mol. The Hall–Kier alpha value is -2.31. The van der Waals surface area contributed by atoms with E-state index in [2.05, 4.69) is 0 Å². The number of carbonyl (C=O) groups excluding carboxylic acids is 1. The van der Waals surface area contributed by atoms with Crippen LogP contribution in [-0.2, 0) is 4.74 Å². The summed E-state index contributed by atoms with van der Waals surface area (Å²) in [5, 5.41) is 10.5. The zero-order valence-electron chi connectivity index (χ0n) is 9.84. The van der Waals surface area contributed by atoms with Gasteiger partial charge < -0.3 is 14.2 Å². The molecule has 0 radical (unpaired) electrons. The Bertz CT molecular complexity index is 513. The van der Waals surface area contributed by atoms with Crippen LogP contribution in [0.3, 0.4) is 0 Å². The number of methoxy groups -OCH3 is 2. The Labute approximate surface area is 102 Å². The molecule has 7 heteroatoms. The third kappa shape index (κ3) is 1.83. The van der Waals surface area contributed by atoms with Crippen LogP contribution >= 0.6 is 0 Å². The molecule has 0 fully saturated rings. The highest BCUT2D eigenvalue weighted by Crippen LogP contribution is 2.41. The van der Waals surface area contributed by atoms with Crippen LogP contribution < -0.4 is 9.47 Å². The molecule has 1 aromatic carbocycles. The van der Waals surface area contributed by atoms with Gasteiger partial charge in [0, 0.05) is 10.5 Å². The summed E-state index contributed by atoms with van der Waals surface area (Å²) in [5.74, 6) is -0.00611. The van der Waals surface area contributed by atoms with Crippen LogP contribution in [0.5, 0.6) is 11.5 Å². The van der Waals surface area contributed by atoms with E-state index in [0.717, 1.165) is 0 Å². The van der Waals surface area contributed by atoms with E-state index in [0.29, 0.717) is 11.3 Å². The number of nitro groups is 1. The zero-order chi connectivity index (χ0) is 13.3. The Kier molecular flexibility index (Phi) is 3.05. The molecule has 18 heavy (non-hydrogen) atoms. The van der Waals surface area contributed by atoms with Crippen molar-refractivity contribution >= 4 is 5.97 Å². The number of hydrogen-bond donors (Lipinski definition) is 0. The van der Waals surface area contributed by atoms with Crippen LogP contribution in [-0.4, -0.2) is 31.7 Å². The second kappa shape index (κ2) is 4.52. The molecule has 1 aliphatic heterocycles. The largest absolute Gasteiger partial charge is 0.493 e. The number of benzene rings is 1. The lowest BCUT2D eigenvalue weighted by molar-refractivity contribution is -0.490. The van der Waals surface area contributed by atoms with Crippen molar-refractivity contribution in [2.75, 3.05) is 20.8 Å². The lowest BCUT2D eigenvalue weighted by Crippen LogP contribution is -2.12. The first-order valence-electron chi connectivity index (χ1n) is 5.16. The molecule has 7 nitrogen and oxygen atoms in total. The minimum absolute atomic E-state index is 0.198. The molecule has 0 saturated heterocycles. The predicted octanol–water partition coefficient (Wildman–Crippen LogP) is 1.19. The molecule has 2 rings (SSSR count). The Morgan fingerprint density at radius 1 is 1.39 bits per heavy atom. The molecular weight excluding hydrogens is 242 g/mol. The smallest absolute Gasteiger partial charge is 0.343 e. The molecule has 1 unspecified atom stereocenters. The number of fused-ring (bicyclic) bond motifs is 1. The minimum atomic E-state index is -0.873. The van der Waals surface area contributed by atoms with Gasteiger partial charge in [-0.3, -0.25) is 10.1 Å². The third-order valence-electron chi connectivity index (χ3n) is 2.69. The van der Waals surface area contributed by atoms with Gasteiger partial charge in [-0.15, -0.1) is 0 Å². The van der Waals surface area contributed by atoms with Crippen LogP contribution in [0, 0.1) is 10.1 Å². The number of esters is 1. The molecule has 0 N–H and O–H groups in total. The van der Waals surface area contributed by atoms with Gasteiger partial charge >= 0.3 is 5.97 Å². The van der Waals surface area contributed by atoms with Gasteiger partial charge in [0.05, 0.1) is 14.2 Å². The van der Waals surface area contributed by atoms with E-state index in [-0.39, 0.29) is 11.3 Å². The lowest BCUT2D eigenvalue weighted by Gasteiger charge is -2.10. The summed E-state index contributed by atoms with van der Waals surface area (Å²) < 4.78 is 15.1. The molecule has 1 atom stereocenters. The van der Waals surface area contributed by atoms with Crippen LogP contribution in [0.15, 0.2) is 12.1 Å². The second-order valence-electron chi connectivity index (χ2n) is 3.67. The fourth-order valence-electron chi connectivity index (χ4n) is 1.94. The van der Waals surface area contributed by atoms with Gasteiger partial charge in [0.15, 0.2) is 17.6 Å². The van der Waals surface area contributed by atoms with E-state index < -0.39 is 23.5 Å². The van der Waals surface area contributed by atoms with Crippen molar-refractivity contribution in [3.8, 4) is 11.5 Å². The Morgan fingerprint density at radius 2 is 2.11 bits per heavy atom. The van der Waals surface area contributed by atoms with Crippen LogP contribution in [0.2, 0.25) is 0 Å². The average Bonchev–Trinajstić information content (AvgIpc) is 2.64. The average molecular weight is 253 g/mol. The van der Waals surface area contributed by atoms with E-state index in [9.17, 15) is 14.9 Å². The molecule has 1 aliphatic rings. The number of nitrogens with zero attached hydrogens (tertiary/aromatic N) is 1. The number of hydrogen-bond acceptors (Lipinski definition) is 6. The highest BCUT2D eigenvalue weighted by molar-refractivity contribution is 5.98. The molecule has 96 valence electrons. The van der Waals surface area contributed by atoms with Gasteiger partial charge in [0.25, 0.3) is 0 Å². The first kappa shape index (κ1) is 12.2. The van der Waals surface area contributed by atoms with Crippen molar-refractivity contribution in [3.05, 3.63) is 33.4 Å². The van der Waals surface area contributed by atoms with Crippen molar-refractivity contribution < 1.29 is 23.9 Å². The number of carbonyl (C=O) groups is 1. The maximum atomic E-state index is 11.7. The van der Waals surface area contributed by atoms with Crippen LogP contribution in [0.4, 0.5) is 0 Å². The molecular formula is C11H11NO6. The highest BCUT2D eigenvalue weighted by atomic mass is 16.6. The molecule has 0 bridgehead atoms. The van der Waals surface area contributed by atoms with Crippen LogP contribution in [0.25, 0.3) is 0 Å². The van der Waals surface area contributed by atoms with Crippen molar-refractivity contribution in [1.29, 1.82) is 0 Å². The van der Waals surface area contributed by atoms with Crippen molar-refractivity contribution in [2.24, 2.45) is 0 Å². The van der Waals surface area contributed by atoms with Crippen LogP contribution in [0.1, 0.15) is 22.0 Å². The first-order chi connectivity index (χ1) is 8.58. The van der Waals surface area contributed by atoms with E-state index in [1.807, 2.05) is 0 Å². The van der Waals surface area contributed by atoms with Crippen molar-refractivity contribution in [1.82, 2.24) is 0 Å². The van der Waals surface area contributed by atoms with E-state index in [1.54, 1.807) is 12.1 Å². The van der Waals surface area contributed by atoms with E-state index in [1.165, 1.54) is 14.2 Å². The molecule has 0 saturated carbocycles. The topological polar surface area (TPSA) is 87.9 Å². The number of cyclic esters (lactones) is 1. The first-order valence-corrected chi connectivity index (χ1v) is 5.16. The summed E-state index contributed by atoms with van der Waals surface area (Å²) >= 11 is 0. The lowest BCUT2D eigenvalue weighted by atomic mass is 10.0. The van der Waals surface area contributed by atoms with Gasteiger partial charge in [0.2, 0.25) is 6.54 Å². The fourth-order valence-corrected chi connectivity index (χ4v) is 1.94. The number of ether oxygens (including phenoxy) is 3. The molecule has 0 spiro atoms. The van der Waals surface area contributed by atoms with Gasteiger partial charge in [0.1, 0.15) is 5.56 Å². The van der Waals surface area contributed by atoms with E-state index in [4.69, 9.17) is 14.2 Å². The quantitative estimate of drug-likeness (QED) is 0.455. The summed E-state index contributed by atoms with van der Waals surface area (Å²) in [4.78, 5) is 21.7. The second-order valence-corrected chi connectivity index (χ2v) is 3.67. The molecule has 0 aromatic heterocycles. The third-order valence-corrected chi connectivity index (χ3v) is 2.69. The maximum absolute atomic E-state index is 11.7. The molecule has 0 aliphatic carbocycles. The Morgan fingerprint density at radius 3 is 2.67 bits per heavy atom. The summed E-state index contributed by atoms with van der Waals surface area (Å²) in [6.45, 7) is -0.464. The van der Waals surface area contributed by atoms with Gasteiger partial charge in [-0.1, -0.05) is 6.07 Å². The van der Waals surface area contributed by atoms with Gasteiger partial charge in [-0.25, -0.2) is 4.79 Å². The summed E-state index contributed by atoms with van der Waals surface area (Å²) in [6.07, 6.45) is -0.873. The summed E-state index contributed by atoms with van der Waals surface area (Å²) in [7, 11) is 2.84. The van der Waals surface area contributed by atoms with Gasteiger partial charge in [-0.05, 0) is 6.07 Å². The van der Waals surface area contributed by atoms with E-state index >= 15 is 0 Å². The normalized spacial score (nSPS) is 17.0.